The van der Waals surface area contributed by atoms with Crippen molar-refractivity contribution in [3.05, 3.63) is 0 Å². The van der Waals surface area contributed by atoms with Gasteiger partial charge in [-0.25, -0.2) is 9.59 Å². The van der Waals surface area contributed by atoms with E-state index in [-0.39, 0.29) is 44.3 Å². The smallest absolute Gasteiger partial charge is 0.314 e. The van der Waals surface area contributed by atoms with E-state index in [9.17, 15) is 19.2 Å². The quantitative estimate of drug-likeness (QED) is 0.214. The predicted molar refractivity (Wildman–Crippen MR) is 122 cm³/mol. The van der Waals surface area contributed by atoms with Crippen molar-refractivity contribution in [2.45, 2.75) is 59.5 Å². The Labute approximate surface area is 196 Å². The topological polar surface area (TPSA) is 175 Å². The van der Waals surface area contributed by atoms with Gasteiger partial charge in [-0.1, -0.05) is 20.8 Å². The normalized spacial score (nSPS) is 13.2. The highest BCUT2D eigenvalue weighted by Gasteiger charge is 2.28. The number of nitrogens with one attached hydrogen (secondary N) is 4. The van der Waals surface area contributed by atoms with Crippen molar-refractivity contribution >= 4 is 24.0 Å². The number of hydrogen-bond donors (Lipinski definition) is 6. The molecule has 0 rings (SSSR count). The van der Waals surface area contributed by atoms with E-state index in [1.165, 1.54) is 14.1 Å². The first-order chi connectivity index (χ1) is 15.4. The van der Waals surface area contributed by atoms with Gasteiger partial charge in [0, 0.05) is 14.1 Å². The molecule has 0 aliphatic rings. The standard InChI is InChI=1S/C11H22N2O4.C10H20N2O4/c1-5-11(2,3)9(15)17-7-8(6-14)13-10(16)12-4;1-4-7(2)9(14)16-6-8(5-13)12-10(15)11-3/h8,14H,5-7H2,1-4H3,(H2,12,13,16);7-8,13H,4-6H2,1-3H3,(H2,11,12,15). The maximum absolute atomic E-state index is 11.6. The first kappa shape index (κ1) is 32.6. The summed E-state index contributed by atoms with van der Waals surface area (Å²) in [6.07, 6.45) is 1.37. The second kappa shape index (κ2) is 17.9. The molecule has 0 radical (unpaired) electrons. The average Bonchev–Trinajstić information content (AvgIpc) is 2.82. The summed E-state index contributed by atoms with van der Waals surface area (Å²) in [5, 5.41) is 27.6. The van der Waals surface area contributed by atoms with Gasteiger partial charge in [-0.15, -0.1) is 0 Å². The minimum Gasteiger partial charge on any atom is -0.463 e. The zero-order valence-corrected chi connectivity index (χ0v) is 20.8. The first-order valence-corrected chi connectivity index (χ1v) is 10.9. The van der Waals surface area contributed by atoms with Gasteiger partial charge in [0.1, 0.15) is 13.2 Å². The third-order valence-electron chi connectivity index (χ3n) is 4.86. The van der Waals surface area contributed by atoms with E-state index in [2.05, 4.69) is 21.3 Å². The van der Waals surface area contributed by atoms with Gasteiger partial charge in [0.05, 0.1) is 36.6 Å². The Kier molecular flexibility index (Phi) is 17.7. The Bertz CT molecular complexity index is 601. The van der Waals surface area contributed by atoms with E-state index in [0.717, 1.165) is 0 Å². The number of esters is 2. The number of amides is 4. The van der Waals surface area contributed by atoms with Crippen LogP contribution in [0.5, 0.6) is 0 Å². The van der Waals surface area contributed by atoms with Gasteiger partial charge in [0.25, 0.3) is 0 Å². The second-order valence-corrected chi connectivity index (χ2v) is 7.98. The number of aliphatic hydroxyl groups is 2. The van der Waals surface area contributed by atoms with Crippen LogP contribution < -0.4 is 21.3 Å². The van der Waals surface area contributed by atoms with Crippen LogP contribution in [-0.2, 0) is 19.1 Å². The monoisotopic (exact) mass is 478 g/mol. The van der Waals surface area contributed by atoms with Crippen LogP contribution in [-0.4, -0.2) is 86.8 Å². The summed E-state index contributed by atoms with van der Waals surface area (Å²) in [4.78, 5) is 44.9. The fourth-order valence-corrected chi connectivity index (χ4v) is 1.80. The Balaban J connectivity index is 0. The number of ether oxygens (including phenoxy) is 2. The molecule has 0 bridgehead atoms. The Hall–Kier alpha value is -2.60. The lowest BCUT2D eigenvalue weighted by Gasteiger charge is -2.22. The van der Waals surface area contributed by atoms with Crippen molar-refractivity contribution in [2.24, 2.45) is 11.3 Å². The lowest BCUT2D eigenvalue weighted by Crippen LogP contribution is -2.45. The highest BCUT2D eigenvalue weighted by molar-refractivity contribution is 5.76. The number of carbonyl (C=O) groups excluding carboxylic acids is 4. The van der Waals surface area contributed by atoms with Crippen molar-refractivity contribution in [3.63, 3.8) is 0 Å². The number of carbonyl (C=O) groups is 4. The van der Waals surface area contributed by atoms with Crippen LogP contribution >= 0.6 is 0 Å². The summed E-state index contributed by atoms with van der Waals surface area (Å²) in [6, 6.07) is -2.01. The summed E-state index contributed by atoms with van der Waals surface area (Å²) < 4.78 is 10.0. The molecule has 3 unspecified atom stereocenters. The number of hydrogen-bond acceptors (Lipinski definition) is 8. The maximum atomic E-state index is 11.6. The van der Waals surface area contributed by atoms with E-state index in [4.69, 9.17) is 19.7 Å². The van der Waals surface area contributed by atoms with Gasteiger partial charge in [-0.2, -0.15) is 0 Å². The van der Waals surface area contributed by atoms with Gasteiger partial charge in [0.2, 0.25) is 0 Å². The summed E-state index contributed by atoms with van der Waals surface area (Å²) in [7, 11) is 2.94. The maximum Gasteiger partial charge on any atom is 0.314 e. The molecule has 0 aromatic rings. The van der Waals surface area contributed by atoms with Crippen LogP contribution in [0.2, 0.25) is 0 Å². The molecule has 33 heavy (non-hydrogen) atoms. The van der Waals surface area contributed by atoms with Crippen LogP contribution in [0, 0.1) is 11.3 Å². The third-order valence-corrected chi connectivity index (χ3v) is 4.86. The van der Waals surface area contributed by atoms with Crippen molar-refractivity contribution in [3.8, 4) is 0 Å². The van der Waals surface area contributed by atoms with Crippen molar-refractivity contribution in [1.29, 1.82) is 0 Å². The van der Waals surface area contributed by atoms with Gasteiger partial charge in [-0.05, 0) is 26.7 Å². The lowest BCUT2D eigenvalue weighted by atomic mass is 9.91. The highest BCUT2D eigenvalue weighted by Crippen LogP contribution is 2.21. The summed E-state index contributed by atoms with van der Waals surface area (Å²) in [5.74, 6) is -0.823. The molecule has 0 heterocycles. The van der Waals surface area contributed by atoms with E-state index in [0.29, 0.717) is 12.8 Å². The van der Waals surface area contributed by atoms with Gasteiger partial charge >= 0.3 is 24.0 Å². The SMILES string of the molecule is CCC(C)(C)C(=O)OCC(CO)NC(=O)NC.CCC(C)C(=O)OCC(CO)NC(=O)NC. The summed E-state index contributed by atoms with van der Waals surface area (Å²) in [6.45, 7) is 8.51. The fraction of sp³-hybridized carbons (Fsp3) is 0.810. The van der Waals surface area contributed by atoms with E-state index < -0.39 is 29.6 Å². The van der Waals surface area contributed by atoms with Gasteiger partial charge < -0.3 is 41.0 Å². The summed E-state index contributed by atoms with van der Waals surface area (Å²) in [5.41, 5.74) is -0.549. The lowest BCUT2D eigenvalue weighted by molar-refractivity contribution is -0.155. The van der Waals surface area contributed by atoms with Crippen LogP contribution in [0.3, 0.4) is 0 Å². The molecule has 0 fully saturated rings. The molecule has 0 aliphatic heterocycles. The van der Waals surface area contributed by atoms with E-state index in [1.807, 2.05) is 13.8 Å². The molecule has 0 saturated carbocycles. The number of aliphatic hydroxyl groups excluding tert-OH is 2. The molecule has 0 spiro atoms. The molecule has 4 amide bonds. The van der Waals surface area contributed by atoms with Gasteiger partial charge in [-0.3, -0.25) is 9.59 Å². The minimum atomic E-state index is -0.591. The molecule has 0 aromatic carbocycles. The fourth-order valence-electron chi connectivity index (χ4n) is 1.80. The van der Waals surface area contributed by atoms with Crippen LogP contribution in [0.4, 0.5) is 9.59 Å². The van der Waals surface area contributed by atoms with E-state index >= 15 is 0 Å². The van der Waals surface area contributed by atoms with Crippen LogP contribution in [0.15, 0.2) is 0 Å². The molecule has 0 aromatic heterocycles. The molecule has 0 aliphatic carbocycles. The largest absolute Gasteiger partial charge is 0.463 e. The van der Waals surface area contributed by atoms with Gasteiger partial charge in [0.15, 0.2) is 0 Å². The van der Waals surface area contributed by atoms with Crippen molar-refractivity contribution in [2.75, 3.05) is 40.5 Å². The third kappa shape index (κ3) is 15.0. The zero-order valence-electron chi connectivity index (χ0n) is 20.8. The zero-order chi connectivity index (χ0) is 26.0. The van der Waals surface area contributed by atoms with Crippen LogP contribution in [0.25, 0.3) is 0 Å². The highest BCUT2D eigenvalue weighted by atomic mass is 16.5. The second-order valence-electron chi connectivity index (χ2n) is 7.98. The Morgan fingerprint density at radius 2 is 1.27 bits per heavy atom. The van der Waals surface area contributed by atoms with Crippen molar-refractivity contribution < 1.29 is 38.9 Å². The molecule has 3 atom stereocenters. The molecule has 12 nitrogen and oxygen atoms in total. The predicted octanol–water partition coefficient (Wildman–Crippen LogP) is 0.121. The molecular weight excluding hydrogens is 436 g/mol. The molecule has 6 N–H and O–H groups in total. The first-order valence-electron chi connectivity index (χ1n) is 10.9. The minimum absolute atomic E-state index is 0.0207. The average molecular weight is 479 g/mol. The molecule has 194 valence electrons. The molecule has 12 heteroatoms. The number of rotatable bonds is 12. The van der Waals surface area contributed by atoms with Crippen molar-refractivity contribution in [1.82, 2.24) is 21.3 Å². The molecule has 0 saturated heterocycles. The Morgan fingerprint density at radius 1 is 0.848 bits per heavy atom. The molecular formula is C21H42N4O8. The Morgan fingerprint density at radius 3 is 1.61 bits per heavy atom. The van der Waals surface area contributed by atoms with E-state index in [1.54, 1.807) is 20.8 Å². The number of urea groups is 2. The van der Waals surface area contributed by atoms with Crippen LogP contribution in [0.1, 0.15) is 47.5 Å². The summed E-state index contributed by atoms with van der Waals surface area (Å²) >= 11 is 0.